The number of aryl methyl sites for hydroxylation is 1. The number of hydrogen-bond donors (Lipinski definition) is 0. The van der Waals surface area contributed by atoms with Crippen LogP contribution in [0, 0.1) is 5.92 Å². The monoisotopic (exact) mass is 408 g/mol. The Labute approximate surface area is 176 Å². The van der Waals surface area contributed by atoms with Gasteiger partial charge in [0.2, 0.25) is 5.91 Å². The Balaban J connectivity index is 1.24. The predicted molar refractivity (Wildman–Crippen MR) is 115 cm³/mol. The number of likely N-dealkylation sites (N-methyl/N-ethyl adjacent to an activating group) is 1. The number of methoxy groups -OCH3 is 1. The number of aromatic nitrogens is 4. The molecule has 1 saturated heterocycles. The number of fused-ring (bicyclic) bond motifs is 1. The molecule has 0 spiro atoms. The van der Waals surface area contributed by atoms with Gasteiger partial charge in [0.1, 0.15) is 17.9 Å². The van der Waals surface area contributed by atoms with Crippen LogP contribution in [0.1, 0.15) is 24.8 Å². The van der Waals surface area contributed by atoms with Gasteiger partial charge in [0.15, 0.2) is 5.65 Å². The van der Waals surface area contributed by atoms with Crippen LogP contribution in [0.25, 0.3) is 5.65 Å². The third kappa shape index (κ3) is 4.37. The molecule has 30 heavy (non-hydrogen) atoms. The van der Waals surface area contributed by atoms with Gasteiger partial charge in [0.05, 0.1) is 13.3 Å². The number of anilines is 1. The second-order valence-corrected chi connectivity index (χ2v) is 7.74. The number of carbonyl (C=O) groups is 1. The van der Waals surface area contributed by atoms with Crippen LogP contribution < -0.4 is 9.64 Å². The van der Waals surface area contributed by atoms with Crippen LogP contribution in [0.15, 0.2) is 43.0 Å². The lowest BCUT2D eigenvalue weighted by Crippen LogP contribution is -2.35. The summed E-state index contributed by atoms with van der Waals surface area (Å²) in [5, 5.41) is 4.18. The molecule has 1 aliphatic heterocycles. The van der Waals surface area contributed by atoms with E-state index < -0.39 is 0 Å². The van der Waals surface area contributed by atoms with E-state index >= 15 is 0 Å². The fourth-order valence-corrected chi connectivity index (χ4v) is 4.04. The second-order valence-electron chi connectivity index (χ2n) is 7.74. The summed E-state index contributed by atoms with van der Waals surface area (Å²) in [6.45, 7) is 2.32. The first-order valence-corrected chi connectivity index (χ1v) is 10.4. The topological polar surface area (TPSA) is 75.9 Å². The van der Waals surface area contributed by atoms with E-state index in [1.165, 1.54) is 5.56 Å². The molecule has 0 aliphatic carbocycles. The zero-order valence-corrected chi connectivity index (χ0v) is 17.6. The first kappa shape index (κ1) is 20.1. The molecule has 0 N–H and O–H groups in total. The number of nitrogens with zero attached hydrogens (tertiary/aromatic N) is 6. The molecule has 158 valence electrons. The Morgan fingerprint density at radius 2 is 2.17 bits per heavy atom. The molecule has 1 unspecified atom stereocenters. The van der Waals surface area contributed by atoms with E-state index in [2.05, 4.69) is 26.0 Å². The van der Waals surface area contributed by atoms with E-state index in [4.69, 9.17) is 4.74 Å². The molecule has 0 radical (unpaired) electrons. The second kappa shape index (κ2) is 9.11. The molecular weight excluding hydrogens is 380 g/mol. The van der Waals surface area contributed by atoms with Gasteiger partial charge >= 0.3 is 0 Å². The van der Waals surface area contributed by atoms with E-state index in [0.717, 1.165) is 62.5 Å². The van der Waals surface area contributed by atoms with Crippen LogP contribution in [0.3, 0.4) is 0 Å². The molecule has 0 aromatic carbocycles. The first-order valence-electron chi connectivity index (χ1n) is 10.4. The minimum Gasteiger partial charge on any atom is -0.495 e. The standard InChI is InChI=1S/C22H28N6O2/c1-26(20-9-8-19(30-2)15-23-20)13-14-27-12-10-18(22(27)29)6-3-5-17-7-4-11-28-21(17)24-16-25-28/h4,7-9,11,15-16,18H,3,5-6,10,12-14H2,1-2H3. The van der Waals surface area contributed by atoms with Crippen molar-refractivity contribution < 1.29 is 9.53 Å². The smallest absolute Gasteiger partial charge is 0.225 e. The molecule has 3 aromatic heterocycles. The lowest BCUT2D eigenvalue weighted by molar-refractivity contribution is -0.131. The molecule has 0 saturated carbocycles. The molecule has 1 amide bonds. The molecule has 8 heteroatoms. The Morgan fingerprint density at radius 1 is 1.27 bits per heavy atom. The van der Waals surface area contributed by atoms with Crippen LogP contribution in [0.4, 0.5) is 5.82 Å². The van der Waals surface area contributed by atoms with Crippen molar-refractivity contribution in [1.82, 2.24) is 24.5 Å². The molecule has 1 fully saturated rings. The summed E-state index contributed by atoms with van der Waals surface area (Å²) in [5.74, 6) is 2.03. The lowest BCUT2D eigenvalue weighted by Gasteiger charge is -2.23. The SMILES string of the molecule is COc1ccc(N(C)CCN2CCC(CCCc3cccn4ncnc34)C2=O)nc1. The predicted octanol–water partition coefficient (Wildman–Crippen LogP) is 2.44. The van der Waals surface area contributed by atoms with Gasteiger partial charge in [-0.15, -0.1) is 0 Å². The number of hydrogen-bond acceptors (Lipinski definition) is 6. The maximum absolute atomic E-state index is 12.8. The van der Waals surface area contributed by atoms with Crippen LogP contribution in [-0.2, 0) is 11.2 Å². The average Bonchev–Trinajstić information content (AvgIpc) is 3.39. The summed E-state index contributed by atoms with van der Waals surface area (Å²) in [6.07, 6.45) is 8.95. The van der Waals surface area contributed by atoms with E-state index in [0.29, 0.717) is 0 Å². The van der Waals surface area contributed by atoms with Crippen molar-refractivity contribution in [3.05, 3.63) is 48.5 Å². The third-order valence-electron chi connectivity index (χ3n) is 5.84. The van der Waals surface area contributed by atoms with Gasteiger partial charge in [-0.2, -0.15) is 5.10 Å². The number of amides is 1. The van der Waals surface area contributed by atoms with Gasteiger partial charge in [0, 0.05) is 38.8 Å². The van der Waals surface area contributed by atoms with Gasteiger partial charge in [-0.3, -0.25) is 4.79 Å². The van der Waals surface area contributed by atoms with Crippen molar-refractivity contribution in [3.63, 3.8) is 0 Å². The molecule has 1 aliphatic rings. The minimum atomic E-state index is 0.132. The van der Waals surface area contributed by atoms with Crippen LogP contribution in [-0.4, -0.2) is 64.2 Å². The highest BCUT2D eigenvalue weighted by Crippen LogP contribution is 2.24. The zero-order valence-electron chi connectivity index (χ0n) is 17.6. The summed E-state index contributed by atoms with van der Waals surface area (Å²) in [5.41, 5.74) is 2.10. The van der Waals surface area contributed by atoms with Crippen LogP contribution in [0.5, 0.6) is 5.75 Å². The van der Waals surface area contributed by atoms with Crippen molar-refractivity contribution in [2.45, 2.75) is 25.7 Å². The lowest BCUT2D eigenvalue weighted by atomic mass is 9.98. The Hall–Kier alpha value is -3.16. The minimum absolute atomic E-state index is 0.132. The van der Waals surface area contributed by atoms with Gasteiger partial charge < -0.3 is 14.5 Å². The van der Waals surface area contributed by atoms with Crippen molar-refractivity contribution in [1.29, 1.82) is 0 Å². The Morgan fingerprint density at radius 3 is 2.97 bits per heavy atom. The van der Waals surface area contributed by atoms with Gasteiger partial charge in [-0.05, 0) is 49.4 Å². The van der Waals surface area contributed by atoms with Gasteiger partial charge in [-0.1, -0.05) is 6.07 Å². The van der Waals surface area contributed by atoms with Crippen molar-refractivity contribution in [3.8, 4) is 5.75 Å². The van der Waals surface area contributed by atoms with E-state index in [-0.39, 0.29) is 11.8 Å². The number of ether oxygens (including phenoxy) is 1. The van der Waals surface area contributed by atoms with Crippen molar-refractivity contribution in [2.24, 2.45) is 5.92 Å². The summed E-state index contributed by atoms with van der Waals surface area (Å²) >= 11 is 0. The molecule has 4 rings (SSSR count). The molecule has 1 atom stereocenters. The molecule has 8 nitrogen and oxygen atoms in total. The first-order chi connectivity index (χ1) is 14.7. The van der Waals surface area contributed by atoms with Crippen molar-refractivity contribution in [2.75, 3.05) is 38.7 Å². The van der Waals surface area contributed by atoms with Crippen LogP contribution in [0.2, 0.25) is 0 Å². The van der Waals surface area contributed by atoms with E-state index in [1.54, 1.807) is 24.1 Å². The molecule has 4 heterocycles. The maximum Gasteiger partial charge on any atom is 0.225 e. The highest BCUT2D eigenvalue weighted by Gasteiger charge is 2.30. The fourth-order valence-electron chi connectivity index (χ4n) is 4.04. The largest absolute Gasteiger partial charge is 0.495 e. The summed E-state index contributed by atoms with van der Waals surface area (Å²) in [7, 11) is 3.63. The van der Waals surface area contributed by atoms with Gasteiger partial charge in [0.25, 0.3) is 0 Å². The van der Waals surface area contributed by atoms with Crippen LogP contribution >= 0.6 is 0 Å². The summed E-state index contributed by atoms with van der Waals surface area (Å²) < 4.78 is 6.95. The third-order valence-corrected chi connectivity index (χ3v) is 5.84. The zero-order chi connectivity index (χ0) is 20.9. The van der Waals surface area contributed by atoms with E-state index in [9.17, 15) is 4.79 Å². The number of carbonyl (C=O) groups excluding carboxylic acids is 1. The van der Waals surface area contributed by atoms with Crippen molar-refractivity contribution >= 4 is 17.4 Å². The Kier molecular flexibility index (Phi) is 6.11. The quantitative estimate of drug-likeness (QED) is 0.541. The molecule has 3 aromatic rings. The van der Waals surface area contributed by atoms with E-state index in [1.807, 2.05) is 36.3 Å². The highest BCUT2D eigenvalue weighted by atomic mass is 16.5. The van der Waals surface area contributed by atoms with Gasteiger partial charge in [-0.25, -0.2) is 14.5 Å². The normalized spacial score (nSPS) is 16.4. The molecular formula is C22H28N6O2. The average molecular weight is 409 g/mol. The fraction of sp³-hybridized carbons (Fsp3) is 0.455. The number of pyridine rings is 2. The maximum atomic E-state index is 12.8. The summed E-state index contributed by atoms with van der Waals surface area (Å²) in [6, 6.07) is 7.92. The highest BCUT2D eigenvalue weighted by molar-refractivity contribution is 5.80. The Bertz CT molecular complexity index is 987. The number of rotatable bonds is 9. The summed E-state index contributed by atoms with van der Waals surface area (Å²) in [4.78, 5) is 25.6. The molecule has 0 bridgehead atoms. The number of likely N-dealkylation sites (tertiary alicyclic amines) is 1.